The number of halogens is 1. The van der Waals surface area contributed by atoms with Gasteiger partial charge in [0.1, 0.15) is 0 Å². The molecule has 6 heteroatoms. The average molecular weight is 274 g/mol. The van der Waals surface area contributed by atoms with Crippen molar-refractivity contribution in [3.05, 3.63) is 21.8 Å². The smallest absolute Gasteiger partial charge is 0.243 e. The quantitative estimate of drug-likeness (QED) is 0.914. The summed E-state index contributed by atoms with van der Waals surface area (Å²) in [7, 11) is 0. The summed E-state index contributed by atoms with van der Waals surface area (Å²) in [5.74, 6) is 1.05. The van der Waals surface area contributed by atoms with E-state index in [-0.39, 0.29) is 6.04 Å². The molecule has 0 saturated carbocycles. The maximum Gasteiger partial charge on any atom is 0.243 e. The van der Waals surface area contributed by atoms with Gasteiger partial charge in [0.2, 0.25) is 11.7 Å². The molecule has 74 valence electrons. The first kappa shape index (κ1) is 9.82. The normalized spacial score (nSPS) is 13.1. The summed E-state index contributed by atoms with van der Waals surface area (Å²) < 4.78 is 6.01. The highest BCUT2D eigenvalue weighted by molar-refractivity contribution is 9.10. The van der Waals surface area contributed by atoms with Gasteiger partial charge in [-0.25, -0.2) is 0 Å². The average Bonchev–Trinajstić information content (AvgIpc) is 2.70. The number of rotatable bonds is 2. The van der Waals surface area contributed by atoms with Crippen molar-refractivity contribution in [3.63, 3.8) is 0 Å². The molecule has 0 amide bonds. The molecule has 14 heavy (non-hydrogen) atoms. The van der Waals surface area contributed by atoms with Gasteiger partial charge in [-0.2, -0.15) is 4.98 Å². The lowest BCUT2D eigenvalue weighted by molar-refractivity contribution is 0.362. The van der Waals surface area contributed by atoms with Crippen LogP contribution in [0.4, 0.5) is 0 Å². The van der Waals surface area contributed by atoms with Crippen LogP contribution in [0.3, 0.4) is 0 Å². The monoisotopic (exact) mass is 273 g/mol. The van der Waals surface area contributed by atoms with Crippen molar-refractivity contribution in [3.8, 4) is 10.7 Å². The van der Waals surface area contributed by atoms with Gasteiger partial charge >= 0.3 is 0 Å². The first-order valence-corrected chi connectivity index (χ1v) is 5.67. The molecule has 0 aliphatic heterocycles. The fraction of sp³-hybridized carbons (Fsp3) is 0.250. The lowest BCUT2D eigenvalue weighted by Gasteiger charge is -1.92. The Bertz CT molecular complexity index is 437. The molecule has 0 aromatic carbocycles. The molecule has 2 N–H and O–H groups in total. The Hall–Kier alpha value is -0.720. The second-order valence-electron chi connectivity index (χ2n) is 2.87. The molecule has 0 aliphatic carbocycles. The van der Waals surface area contributed by atoms with Gasteiger partial charge in [-0.05, 0) is 28.9 Å². The predicted molar refractivity (Wildman–Crippen MR) is 57.9 cm³/mol. The Balaban J connectivity index is 2.33. The second-order valence-corrected chi connectivity index (χ2v) is 4.70. The highest BCUT2D eigenvalue weighted by Gasteiger charge is 2.12. The lowest BCUT2D eigenvalue weighted by Crippen LogP contribution is -2.04. The molecule has 2 heterocycles. The molecule has 0 saturated heterocycles. The Morgan fingerprint density at radius 3 is 2.93 bits per heavy atom. The Morgan fingerprint density at radius 1 is 1.64 bits per heavy atom. The molecule has 4 nitrogen and oxygen atoms in total. The number of hydrogen-bond acceptors (Lipinski definition) is 5. The minimum Gasteiger partial charge on any atom is -0.337 e. The molecule has 0 radical (unpaired) electrons. The largest absolute Gasteiger partial charge is 0.337 e. The van der Waals surface area contributed by atoms with Gasteiger partial charge in [0, 0.05) is 9.85 Å². The van der Waals surface area contributed by atoms with E-state index in [4.69, 9.17) is 10.3 Å². The number of nitrogens with two attached hydrogens (primary N) is 1. The van der Waals surface area contributed by atoms with Crippen molar-refractivity contribution >= 4 is 27.3 Å². The SMILES string of the molecule is C[C@H](N)c1nc(-c2cc(Br)cs2)no1. The fourth-order valence-electron chi connectivity index (χ4n) is 0.951. The highest BCUT2D eigenvalue weighted by Crippen LogP contribution is 2.28. The molecule has 0 unspecified atom stereocenters. The van der Waals surface area contributed by atoms with E-state index in [1.165, 1.54) is 0 Å². The van der Waals surface area contributed by atoms with Crippen molar-refractivity contribution in [2.45, 2.75) is 13.0 Å². The fourth-order valence-corrected chi connectivity index (χ4v) is 2.30. The van der Waals surface area contributed by atoms with Crippen LogP contribution in [0.15, 0.2) is 20.4 Å². The molecular formula is C8H8BrN3OS. The zero-order valence-corrected chi connectivity index (χ0v) is 9.80. The van der Waals surface area contributed by atoms with Gasteiger partial charge in [0.25, 0.3) is 0 Å². The summed E-state index contributed by atoms with van der Waals surface area (Å²) in [6.45, 7) is 1.81. The van der Waals surface area contributed by atoms with Gasteiger partial charge in [-0.1, -0.05) is 5.16 Å². The molecule has 1 atom stereocenters. The molecule has 0 fully saturated rings. The number of hydrogen-bond donors (Lipinski definition) is 1. The summed E-state index contributed by atoms with van der Waals surface area (Å²) in [5, 5.41) is 5.81. The van der Waals surface area contributed by atoms with E-state index in [0.717, 1.165) is 9.35 Å². The van der Waals surface area contributed by atoms with Crippen LogP contribution in [0.1, 0.15) is 18.9 Å². The standard InChI is InChI=1S/C8H8BrN3OS/c1-4(10)8-11-7(12-13-8)6-2-5(9)3-14-6/h2-4H,10H2,1H3/t4-/m0/s1. The Morgan fingerprint density at radius 2 is 2.43 bits per heavy atom. The number of aromatic nitrogens is 2. The van der Waals surface area contributed by atoms with Crippen molar-refractivity contribution in [1.29, 1.82) is 0 Å². The summed E-state index contributed by atoms with van der Waals surface area (Å²) >= 11 is 4.92. The Labute approximate surface area is 93.3 Å². The van der Waals surface area contributed by atoms with Crippen LogP contribution in [-0.4, -0.2) is 10.1 Å². The van der Waals surface area contributed by atoms with Crippen LogP contribution in [-0.2, 0) is 0 Å². The molecule has 0 bridgehead atoms. The van der Waals surface area contributed by atoms with Crippen LogP contribution in [0.2, 0.25) is 0 Å². The zero-order chi connectivity index (χ0) is 10.1. The third kappa shape index (κ3) is 1.87. The van der Waals surface area contributed by atoms with Crippen LogP contribution in [0.25, 0.3) is 10.7 Å². The maximum atomic E-state index is 5.61. The molecule has 0 aliphatic rings. The van der Waals surface area contributed by atoms with Crippen molar-refractivity contribution in [2.75, 3.05) is 0 Å². The number of nitrogens with zero attached hydrogens (tertiary/aromatic N) is 2. The summed E-state index contributed by atoms with van der Waals surface area (Å²) in [4.78, 5) is 5.15. The van der Waals surface area contributed by atoms with Crippen LogP contribution >= 0.6 is 27.3 Å². The first-order chi connectivity index (χ1) is 6.66. The molecule has 2 aromatic rings. The first-order valence-electron chi connectivity index (χ1n) is 4.00. The van der Waals surface area contributed by atoms with Crippen molar-refractivity contribution in [2.24, 2.45) is 5.73 Å². The van der Waals surface area contributed by atoms with E-state index < -0.39 is 0 Å². The van der Waals surface area contributed by atoms with Crippen LogP contribution < -0.4 is 5.73 Å². The third-order valence-electron chi connectivity index (χ3n) is 1.62. The Kier molecular flexibility index (Phi) is 2.66. The van der Waals surface area contributed by atoms with Crippen LogP contribution in [0, 0.1) is 0 Å². The van der Waals surface area contributed by atoms with E-state index >= 15 is 0 Å². The topological polar surface area (TPSA) is 64.9 Å². The second kappa shape index (κ2) is 3.80. The van der Waals surface area contributed by atoms with Gasteiger partial charge in [-0.15, -0.1) is 11.3 Å². The van der Waals surface area contributed by atoms with Gasteiger partial charge in [-0.3, -0.25) is 0 Å². The van der Waals surface area contributed by atoms with E-state index in [9.17, 15) is 0 Å². The maximum absolute atomic E-state index is 5.61. The van der Waals surface area contributed by atoms with Gasteiger partial charge < -0.3 is 10.3 Å². The lowest BCUT2D eigenvalue weighted by atomic mass is 10.4. The summed E-state index contributed by atoms with van der Waals surface area (Å²) in [6.07, 6.45) is 0. The van der Waals surface area contributed by atoms with Crippen molar-refractivity contribution < 1.29 is 4.52 Å². The molecular weight excluding hydrogens is 266 g/mol. The zero-order valence-electron chi connectivity index (χ0n) is 7.40. The minimum absolute atomic E-state index is 0.223. The molecule has 0 spiro atoms. The molecule has 2 aromatic heterocycles. The van der Waals surface area contributed by atoms with Gasteiger partial charge in [0.15, 0.2) is 0 Å². The highest BCUT2D eigenvalue weighted by atomic mass is 79.9. The number of thiophene rings is 1. The van der Waals surface area contributed by atoms with Crippen molar-refractivity contribution in [1.82, 2.24) is 10.1 Å². The predicted octanol–water partition coefficient (Wildman–Crippen LogP) is 2.58. The van der Waals surface area contributed by atoms with Gasteiger partial charge in [0.05, 0.1) is 10.9 Å². The minimum atomic E-state index is -0.223. The van der Waals surface area contributed by atoms with E-state index in [2.05, 4.69) is 26.1 Å². The van der Waals surface area contributed by atoms with E-state index in [0.29, 0.717) is 11.7 Å². The summed E-state index contributed by atoms with van der Waals surface area (Å²) in [5.41, 5.74) is 5.61. The van der Waals surface area contributed by atoms with Crippen LogP contribution in [0.5, 0.6) is 0 Å². The van der Waals surface area contributed by atoms with E-state index in [1.807, 2.05) is 18.4 Å². The summed E-state index contributed by atoms with van der Waals surface area (Å²) in [6, 6.07) is 1.72. The molecule has 2 rings (SSSR count). The third-order valence-corrected chi connectivity index (χ3v) is 3.31. The van der Waals surface area contributed by atoms with E-state index in [1.54, 1.807) is 11.3 Å².